The zero-order valence-electron chi connectivity index (χ0n) is 9.13. The zero-order valence-corrected chi connectivity index (χ0v) is 9.89. The highest BCUT2D eigenvalue weighted by atomic mass is 35.5. The van der Waals surface area contributed by atoms with E-state index in [0.717, 1.165) is 6.42 Å². The van der Waals surface area contributed by atoms with Gasteiger partial charge in [0.25, 0.3) is 5.24 Å². The first kappa shape index (κ1) is 12.3. The molecule has 1 nitrogen and oxygen atoms in total. The molecule has 2 heteroatoms. The molecule has 1 aromatic rings. The van der Waals surface area contributed by atoms with Crippen LogP contribution in [-0.2, 0) is 6.42 Å². The topological polar surface area (TPSA) is 17.1 Å². The second-order valence-electron chi connectivity index (χ2n) is 3.78. The molecular weight excluding hydrogens is 208 g/mol. The van der Waals surface area contributed by atoms with Crippen LogP contribution in [0.25, 0.3) is 0 Å². The maximum atomic E-state index is 10.9. The van der Waals surface area contributed by atoms with E-state index in [2.05, 4.69) is 13.0 Å². The smallest absolute Gasteiger partial charge is 0.252 e. The Hall–Kier alpha value is -0.820. The summed E-state index contributed by atoms with van der Waals surface area (Å²) < 4.78 is 0. The van der Waals surface area contributed by atoms with Crippen molar-refractivity contribution in [3.63, 3.8) is 0 Å². The summed E-state index contributed by atoms with van der Waals surface area (Å²) in [4.78, 5) is 10.9. The van der Waals surface area contributed by atoms with Gasteiger partial charge in [-0.15, -0.1) is 0 Å². The first-order valence-electron chi connectivity index (χ1n) is 5.53. The lowest BCUT2D eigenvalue weighted by atomic mass is 10.0. The molecule has 82 valence electrons. The highest BCUT2D eigenvalue weighted by Gasteiger charge is 2.01. The Balaban J connectivity index is 2.47. The van der Waals surface area contributed by atoms with Crippen LogP contribution in [-0.4, -0.2) is 5.24 Å². The van der Waals surface area contributed by atoms with E-state index in [1.807, 2.05) is 12.1 Å². The summed E-state index contributed by atoms with van der Waals surface area (Å²) in [5.74, 6) is 0. The van der Waals surface area contributed by atoms with Crippen molar-refractivity contribution in [1.82, 2.24) is 0 Å². The Morgan fingerprint density at radius 3 is 2.73 bits per heavy atom. The summed E-state index contributed by atoms with van der Waals surface area (Å²) in [6, 6.07) is 7.59. The second kappa shape index (κ2) is 6.62. The summed E-state index contributed by atoms with van der Waals surface area (Å²) in [7, 11) is 0. The van der Waals surface area contributed by atoms with E-state index in [0.29, 0.717) is 5.56 Å². The summed E-state index contributed by atoms with van der Waals surface area (Å²) in [6.45, 7) is 2.20. The number of halogens is 1. The van der Waals surface area contributed by atoms with Gasteiger partial charge in [0, 0.05) is 5.56 Å². The molecule has 0 radical (unpaired) electrons. The molecule has 1 aromatic carbocycles. The Kier molecular flexibility index (Phi) is 5.41. The van der Waals surface area contributed by atoms with E-state index in [-0.39, 0.29) is 5.24 Å². The number of hydrogen-bond acceptors (Lipinski definition) is 1. The van der Waals surface area contributed by atoms with Crippen molar-refractivity contribution in [2.45, 2.75) is 39.0 Å². The van der Waals surface area contributed by atoms with Gasteiger partial charge in [0.15, 0.2) is 0 Å². The van der Waals surface area contributed by atoms with Gasteiger partial charge in [-0.3, -0.25) is 4.79 Å². The summed E-state index contributed by atoms with van der Waals surface area (Å²) in [5, 5.41) is -0.370. The number of aryl methyl sites for hydroxylation is 1. The number of unbranched alkanes of at least 4 members (excludes halogenated alkanes) is 3. The minimum Gasteiger partial charge on any atom is -0.276 e. The predicted molar refractivity (Wildman–Crippen MR) is 64.5 cm³/mol. The van der Waals surface area contributed by atoms with Gasteiger partial charge in [-0.05, 0) is 36.1 Å². The van der Waals surface area contributed by atoms with Crippen molar-refractivity contribution in [2.75, 3.05) is 0 Å². The highest BCUT2D eigenvalue weighted by Crippen LogP contribution is 2.11. The first-order valence-corrected chi connectivity index (χ1v) is 5.90. The molecule has 0 spiro atoms. The van der Waals surface area contributed by atoms with E-state index >= 15 is 0 Å². The van der Waals surface area contributed by atoms with E-state index in [1.54, 1.807) is 6.07 Å². The second-order valence-corrected chi connectivity index (χ2v) is 4.13. The zero-order chi connectivity index (χ0) is 11.1. The van der Waals surface area contributed by atoms with Gasteiger partial charge in [0.05, 0.1) is 0 Å². The SMILES string of the molecule is CCCCCCc1cccc(C(=O)Cl)c1. The van der Waals surface area contributed by atoms with Crippen LogP contribution in [0.15, 0.2) is 24.3 Å². The quantitative estimate of drug-likeness (QED) is 0.523. The molecule has 0 unspecified atom stereocenters. The lowest BCUT2D eigenvalue weighted by molar-refractivity contribution is 0.108. The lowest BCUT2D eigenvalue weighted by Gasteiger charge is -2.02. The Morgan fingerprint density at radius 2 is 2.07 bits per heavy atom. The van der Waals surface area contributed by atoms with Gasteiger partial charge in [0.1, 0.15) is 0 Å². The van der Waals surface area contributed by atoms with Crippen LogP contribution in [0, 0.1) is 0 Å². The molecule has 0 bridgehead atoms. The fraction of sp³-hybridized carbons (Fsp3) is 0.462. The Morgan fingerprint density at radius 1 is 1.27 bits per heavy atom. The van der Waals surface area contributed by atoms with Crippen molar-refractivity contribution < 1.29 is 4.79 Å². The third kappa shape index (κ3) is 4.48. The van der Waals surface area contributed by atoms with E-state index < -0.39 is 0 Å². The number of rotatable bonds is 6. The fourth-order valence-corrected chi connectivity index (χ4v) is 1.72. The first-order chi connectivity index (χ1) is 7.24. The molecule has 0 N–H and O–H groups in total. The molecule has 0 aromatic heterocycles. The molecule has 0 aliphatic rings. The number of carbonyl (C=O) groups is 1. The average Bonchev–Trinajstić information content (AvgIpc) is 2.25. The third-order valence-electron chi connectivity index (χ3n) is 2.47. The van der Waals surface area contributed by atoms with Crippen LogP contribution in [0.5, 0.6) is 0 Å². The summed E-state index contributed by atoms with van der Waals surface area (Å²) >= 11 is 5.42. The van der Waals surface area contributed by atoms with Gasteiger partial charge in [0.2, 0.25) is 0 Å². The molecule has 1 rings (SSSR count). The molecule has 0 aliphatic carbocycles. The monoisotopic (exact) mass is 224 g/mol. The van der Waals surface area contributed by atoms with Gasteiger partial charge in [-0.2, -0.15) is 0 Å². The van der Waals surface area contributed by atoms with Crippen LogP contribution in [0.3, 0.4) is 0 Å². The van der Waals surface area contributed by atoms with Crippen molar-refractivity contribution in [2.24, 2.45) is 0 Å². The molecule has 0 aliphatic heterocycles. The maximum Gasteiger partial charge on any atom is 0.252 e. The predicted octanol–water partition coefficient (Wildman–Crippen LogP) is 4.19. The van der Waals surface area contributed by atoms with Crippen molar-refractivity contribution in [3.05, 3.63) is 35.4 Å². The normalized spacial score (nSPS) is 10.3. The molecule has 15 heavy (non-hydrogen) atoms. The van der Waals surface area contributed by atoms with Crippen LogP contribution in [0.2, 0.25) is 0 Å². The van der Waals surface area contributed by atoms with Gasteiger partial charge < -0.3 is 0 Å². The summed E-state index contributed by atoms with van der Waals surface area (Å²) in [6.07, 6.45) is 6.02. The number of benzene rings is 1. The molecule has 0 amide bonds. The van der Waals surface area contributed by atoms with Crippen LogP contribution in [0.1, 0.15) is 48.5 Å². The molecule has 0 heterocycles. The minimum absolute atomic E-state index is 0.370. The average molecular weight is 225 g/mol. The molecule has 0 saturated heterocycles. The standard InChI is InChI=1S/C13H17ClO/c1-2-3-4-5-7-11-8-6-9-12(10-11)13(14)15/h6,8-10H,2-5,7H2,1H3. The van der Waals surface area contributed by atoms with E-state index in [4.69, 9.17) is 11.6 Å². The lowest BCUT2D eigenvalue weighted by Crippen LogP contribution is -1.92. The Bertz CT molecular complexity index is 320. The van der Waals surface area contributed by atoms with Crippen LogP contribution >= 0.6 is 11.6 Å². The molecule has 0 saturated carbocycles. The molecule has 0 atom stereocenters. The van der Waals surface area contributed by atoms with Crippen molar-refractivity contribution in [1.29, 1.82) is 0 Å². The molecular formula is C13H17ClO. The van der Waals surface area contributed by atoms with E-state index in [1.165, 1.54) is 31.2 Å². The van der Waals surface area contributed by atoms with E-state index in [9.17, 15) is 4.79 Å². The van der Waals surface area contributed by atoms with Crippen LogP contribution < -0.4 is 0 Å². The maximum absolute atomic E-state index is 10.9. The third-order valence-corrected chi connectivity index (χ3v) is 2.69. The fourth-order valence-electron chi connectivity index (χ4n) is 1.60. The van der Waals surface area contributed by atoms with Crippen molar-refractivity contribution >= 4 is 16.8 Å². The largest absolute Gasteiger partial charge is 0.276 e. The van der Waals surface area contributed by atoms with Gasteiger partial charge >= 0.3 is 0 Å². The number of carbonyl (C=O) groups excluding carboxylic acids is 1. The van der Waals surface area contributed by atoms with Crippen molar-refractivity contribution in [3.8, 4) is 0 Å². The Labute approximate surface area is 96.5 Å². The van der Waals surface area contributed by atoms with Gasteiger partial charge in [-0.1, -0.05) is 44.4 Å². The van der Waals surface area contributed by atoms with Gasteiger partial charge in [-0.25, -0.2) is 0 Å². The summed E-state index contributed by atoms with van der Waals surface area (Å²) in [5.41, 5.74) is 1.81. The molecule has 0 fully saturated rings. The minimum atomic E-state index is -0.370. The number of hydrogen-bond donors (Lipinski definition) is 0. The highest BCUT2D eigenvalue weighted by molar-refractivity contribution is 6.67. The van der Waals surface area contributed by atoms with Crippen LogP contribution in [0.4, 0.5) is 0 Å².